The van der Waals surface area contributed by atoms with E-state index in [2.05, 4.69) is 17.1 Å². The van der Waals surface area contributed by atoms with E-state index in [1.807, 2.05) is 54.2 Å². The van der Waals surface area contributed by atoms with Gasteiger partial charge in [0.05, 0.1) is 17.4 Å². The average molecular weight is 333 g/mol. The van der Waals surface area contributed by atoms with Crippen molar-refractivity contribution in [3.05, 3.63) is 76.5 Å². The number of hydrogen-bond donors (Lipinski definition) is 1. The number of nitrogens with one attached hydrogen (secondary N) is 1. The second-order valence-corrected chi connectivity index (χ2v) is 6.26. The Balaban J connectivity index is 1.77. The number of nitrogens with zero attached hydrogens (tertiary/aromatic N) is 4. The predicted octanol–water partition coefficient (Wildman–Crippen LogP) is 3.00. The molecule has 1 atom stereocenters. The number of aryl methyl sites for hydroxylation is 1. The molecule has 0 saturated carbocycles. The second kappa shape index (κ2) is 6.05. The highest BCUT2D eigenvalue weighted by atomic mass is 16.1. The number of fused-ring (bicyclic) bond motifs is 1. The Hall–Kier alpha value is -3.15. The van der Waals surface area contributed by atoms with E-state index in [4.69, 9.17) is 4.98 Å². The zero-order valence-electron chi connectivity index (χ0n) is 14.2. The Kier molecular flexibility index (Phi) is 3.72. The summed E-state index contributed by atoms with van der Waals surface area (Å²) in [5.74, 6) is 0. The van der Waals surface area contributed by atoms with Crippen molar-refractivity contribution >= 4 is 5.65 Å². The van der Waals surface area contributed by atoms with Crippen LogP contribution in [0.1, 0.15) is 24.2 Å². The number of hydrogen-bond acceptors (Lipinski definition) is 3. The minimum Gasteiger partial charge on any atom is -0.289 e. The lowest BCUT2D eigenvalue weighted by molar-refractivity contribution is 0.484. The van der Waals surface area contributed by atoms with E-state index in [-0.39, 0.29) is 11.6 Å². The highest BCUT2D eigenvalue weighted by molar-refractivity contribution is 5.69. The van der Waals surface area contributed by atoms with Crippen LogP contribution in [0.15, 0.2) is 59.7 Å². The zero-order valence-corrected chi connectivity index (χ0v) is 14.2. The fourth-order valence-corrected chi connectivity index (χ4v) is 3.12. The third-order valence-corrected chi connectivity index (χ3v) is 4.45. The van der Waals surface area contributed by atoms with Gasteiger partial charge in [0, 0.05) is 30.4 Å². The molecule has 1 N–H and O–H groups in total. The molecular formula is C19H19N5O. The molecule has 0 saturated heterocycles. The van der Waals surface area contributed by atoms with E-state index in [0.717, 1.165) is 22.5 Å². The lowest BCUT2D eigenvalue weighted by Crippen LogP contribution is -2.18. The maximum atomic E-state index is 12.5. The summed E-state index contributed by atoms with van der Waals surface area (Å²) >= 11 is 0. The summed E-state index contributed by atoms with van der Waals surface area (Å²) in [6, 6.07) is 13.6. The maximum absolute atomic E-state index is 12.5. The zero-order chi connectivity index (χ0) is 17.4. The molecule has 1 unspecified atom stereocenters. The van der Waals surface area contributed by atoms with Gasteiger partial charge in [-0.3, -0.25) is 14.6 Å². The lowest BCUT2D eigenvalue weighted by atomic mass is 10.1. The van der Waals surface area contributed by atoms with Gasteiger partial charge in [-0.15, -0.1) is 0 Å². The van der Waals surface area contributed by atoms with E-state index in [0.29, 0.717) is 12.1 Å². The minimum absolute atomic E-state index is 0.0991. The van der Waals surface area contributed by atoms with Crippen molar-refractivity contribution in [2.45, 2.75) is 26.3 Å². The third kappa shape index (κ3) is 2.76. The summed E-state index contributed by atoms with van der Waals surface area (Å²) in [7, 11) is 0. The van der Waals surface area contributed by atoms with Gasteiger partial charge in [0.2, 0.25) is 0 Å². The van der Waals surface area contributed by atoms with Crippen molar-refractivity contribution in [1.82, 2.24) is 24.4 Å². The number of rotatable bonds is 4. The molecular weight excluding hydrogens is 314 g/mol. The third-order valence-electron chi connectivity index (χ3n) is 4.45. The largest absolute Gasteiger partial charge is 0.289 e. The van der Waals surface area contributed by atoms with Crippen LogP contribution in [0.2, 0.25) is 0 Å². The molecule has 0 bridgehead atoms. The normalized spacial score (nSPS) is 12.6. The Labute approximate surface area is 144 Å². The monoisotopic (exact) mass is 333 g/mol. The van der Waals surface area contributed by atoms with E-state index < -0.39 is 0 Å². The highest BCUT2D eigenvalue weighted by Gasteiger charge is 2.15. The Morgan fingerprint density at radius 3 is 2.72 bits per heavy atom. The van der Waals surface area contributed by atoms with Gasteiger partial charge in [-0.2, -0.15) is 5.10 Å². The van der Waals surface area contributed by atoms with Crippen LogP contribution < -0.4 is 5.56 Å². The van der Waals surface area contributed by atoms with Gasteiger partial charge in [-0.25, -0.2) is 9.50 Å². The molecule has 6 nitrogen and oxygen atoms in total. The Morgan fingerprint density at radius 2 is 2.00 bits per heavy atom. The van der Waals surface area contributed by atoms with E-state index >= 15 is 0 Å². The first-order valence-corrected chi connectivity index (χ1v) is 8.29. The Morgan fingerprint density at radius 1 is 1.20 bits per heavy atom. The first-order valence-electron chi connectivity index (χ1n) is 8.29. The van der Waals surface area contributed by atoms with Crippen molar-refractivity contribution in [3.63, 3.8) is 0 Å². The van der Waals surface area contributed by atoms with E-state index in [9.17, 15) is 4.79 Å². The van der Waals surface area contributed by atoms with Crippen molar-refractivity contribution in [3.8, 4) is 11.3 Å². The summed E-state index contributed by atoms with van der Waals surface area (Å²) in [5.41, 5.74) is 4.28. The minimum atomic E-state index is -0.0991. The van der Waals surface area contributed by atoms with Gasteiger partial charge < -0.3 is 0 Å². The lowest BCUT2D eigenvalue weighted by Gasteiger charge is -2.11. The number of aromatic nitrogens is 5. The number of H-pyrrole nitrogens is 1. The molecule has 0 radical (unpaired) electrons. The molecule has 25 heavy (non-hydrogen) atoms. The van der Waals surface area contributed by atoms with Crippen molar-refractivity contribution < 1.29 is 0 Å². The Bertz CT molecular complexity index is 1060. The molecule has 0 aliphatic rings. The van der Waals surface area contributed by atoms with Crippen LogP contribution in [0.5, 0.6) is 0 Å². The molecule has 0 aliphatic carbocycles. The summed E-state index contributed by atoms with van der Waals surface area (Å²) in [4.78, 5) is 17.3. The first-order chi connectivity index (χ1) is 12.1. The summed E-state index contributed by atoms with van der Waals surface area (Å²) < 4.78 is 3.39. The van der Waals surface area contributed by atoms with Crippen LogP contribution in [0.3, 0.4) is 0 Å². The highest BCUT2D eigenvalue weighted by Crippen LogP contribution is 2.23. The fraction of sp³-hybridized carbons (Fsp3) is 0.211. The molecule has 0 fully saturated rings. The van der Waals surface area contributed by atoms with Crippen LogP contribution in [-0.4, -0.2) is 24.4 Å². The fourth-order valence-electron chi connectivity index (χ4n) is 3.12. The van der Waals surface area contributed by atoms with Gasteiger partial charge in [0.25, 0.3) is 5.56 Å². The second-order valence-electron chi connectivity index (χ2n) is 6.26. The molecule has 3 aromatic heterocycles. The molecule has 0 amide bonds. The number of benzene rings is 1. The standard InChI is InChI=1S/C19H19N5O/c1-13(23-10-6-9-20-23)11-16-12-17(25)24-19(21-16)14(2)18(22-24)15-7-4-3-5-8-15/h3-10,12-13,22H,11H2,1-2H3. The topological polar surface area (TPSA) is 68.0 Å². The molecule has 0 aliphatic heterocycles. The van der Waals surface area contributed by atoms with Gasteiger partial charge in [-0.1, -0.05) is 30.3 Å². The SMILES string of the molecule is Cc1c(-c2ccccc2)[nH]n2c(=O)cc(CC(C)n3cccn3)nc12. The van der Waals surface area contributed by atoms with Gasteiger partial charge in [0.15, 0.2) is 5.65 Å². The van der Waals surface area contributed by atoms with Crippen molar-refractivity contribution in [2.24, 2.45) is 0 Å². The average Bonchev–Trinajstić information content (AvgIpc) is 3.25. The molecule has 3 heterocycles. The molecule has 0 spiro atoms. The molecule has 6 heteroatoms. The summed E-state index contributed by atoms with van der Waals surface area (Å²) in [6.07, 6.45) is 4.33. The molecule has 1 aromatic carbocycles. The number of aromatic amines is 1. The van der Waals surface area contributed by atoms with Crippen LogP contribution in [0, 0.1) is 6.92 Å². The maximum Gasteiger partial charge on any atom is 0.272 e. The van der Waals surface area contributed by atoms with E-state index in [1.165, 1.54) is 4.52 Å². The van der Waals surface area contributed by atoms with Crippen LogP contribution in [0.4, 0.5) is 0 Å². The first kappa shape index (κ1) is 15.4. The smallest absolute Gasteiger partial charge is 0.272 e. The van der Waals surface area contributed by atoms with Crippen LogP contribution in [-0.2, 0) is 6.42 Å². The van der Waals surface area contributed by atoms with Gasteiger partial charge in [0.1, 0.15) is 0 Å². The quantitative estimate of drug-likeness (QED) is 0.624. The predicted molar refractivity (Wildman–Crippen MR) is 96.6 cm³/mol. The van der Waals surface area contributed by atoms with Crippen LogP contribution in [0.25, 0.3) is 16.9 Å². The summed E-state index contributed by atoms with van der Waals surface area (Å²) in [6.45, 7) is 4.05. The summed E-state index contributed by atoms with van der Waals surface area (Å²) in [5, 5.41) is 7.44. The molecule has 126 valence electrons. The van der Waals surface area contributed by atoms with E-state index in [1.54, 1.807) is 12.3 Å². The van der Waals surface area contributed by atoms with Crippen molar-refractivity contribution in [1.29, 1.82) is 0 Å². The van der Waals surface area contributed by atoms with Gasteiger partial charge in [-0.05, 0) is 25.5 Å². The molecule has 4 aromatic rings. The van der Waals surface area contributed by atoms with Crippen molar-refractivity contribution in [2.75, 3.05) is 0 Å². The van der Waals surface area contributed by atoms with Gasteiger partial charge >= 0.3 is 0 Å². The van der Waals surface area contributed by atoms with Crippen LogP contribution >= 0.6 is 0 Å². The molecule has 4 rings (SSSR count).